The Morgan fingerprint density at radius 3 is 2.14 bits per heavy atom. The van der Waals surface area contributed by atoms with Crippen molar-refractivity contribution < 1.29 is 9.47 Å². The van der Waals surface area contributed by atoms with E-state index in [1.54, 1.807) is 7.11 Å². The van der Waals surface area contributed by atoms with E-state index < -0.39 is 0 Å². The van der Waals surface area contributed by atoms with E-state index in [-0.39, 0.29) is 6.10 Å². The molecular formula is C25H28ClNO2. The number of benzene rings is 3. The summed E-state index contributed by atoms with van der Waals surface area (Å²) in [5, 5.41) is 0.735. The largest absolute Gasteiger partial charge is 0.497 e. The van der Waals surface area contributed by atoms with Gasteiger partial charge in [0.2, 0.25) is 0 Å². The Morgan fingerprint density at radius 1 is 0.828 bits per heavy atom. The van der Waals surface area contributed by atoms with Crippen LogP contribution in [0.1, 0.15) is 22.8 Å². The van der Waals surface area contributed by atoms with Crippen molar-refractivity contribution in [1.29, 1.82) is 0 Å². The molecule has 4 heteroatoms. The van der Waals surface area contributed by atoms with Crippen molar-refractivity contribution in [2.24, 2.45) is 0 Å². The molecule has 3 rings (SSSR count). The van der Waals surface area contributed by atoms with Crippen LogP contribution in [0, 0.1) is 0 Å². The van der Waals surface area contributed by atoms with Gasteiger partial charge in [0.05, 0.1) is 13.7 Å². The number of likely N-dealkylation sites (N-methyl/N-ethyl adjacent to an activating group) is 1. The van der Waals surface area contributed by atoms with E-state index in [0.29, 0.717) is 6.61 Å². The van der Waals surface area contributed by atoms with Crippen molar-refractivity contribution in [1.82, 2.24) is 4.90 Å². The normalized spacial score (nSPS) is 12.1. The lowest BCUT2D eigenvalue weighted by Gasteiger charge is -2.22. The summed E-state index contributed by atoms with van der Waals surface area (Å²) >= 11 is 6.06. The van der Waals surface area contributed by atoms with Crippen LogP contribution >= 0.6 is 11.6 Å². The second-order valence-corrected chi connectivity index (χ2v) is 7.55. The first-order valence-electron chi connectivity index (χ1n) is 9.89. The molecule has 3 aromatic carbocycles. The maximum atomic E-state index is 6.31. The second kappa shape index (κ2) is 11.0. The van der Waals surface area contributed by atoms with E-state index in [0.717, 1.165) is 41.4 Å². The summed E-state index contributed by atoms with van der Waals surface area (Å²) in [5.41, 5.74) is 3.57. The molecule has 0 spiro atoms. The molecule has 1 atom stereocenters. The fourth-order valence-corrected chi connectivity index (χ4v) is 3.33. The summed E-state index contributed by atoms with van der Waals surface area (Å²) in [7, 11) is 3.82. The zero-order chi connectivity index (χ0) is 20.5. The second-order valence-electron chi connectivity index (χ2n) is 7.11. The molecule has 1 unspecified atom stereocenters. The molecule has 0 radical (unpaired) electrons. The minimum absolute atomic E-state index is 0.0940. The highest BCUT2D eigenvalue weighted by Crippen LogP contribution is 2.27. The first-order valence-corrected chi connectivity index (χ1v) is 10.3. The molecule has 0 heterocycles. The first-order chi connectivity index (χ1) is 14.2. The molecule has 0 fully saturated rings. The number of hydrogen-bond acceptors (Lipinski definition) is 3. The third-order valence-corrected chi connectivity index (χ3v) is 5.23. The van der Waals surface area contributed by atoms with E-state index in [4.69, 9.17) is 21.1 Å². The molecule has 152 valence electrons. The molecule has 3 nitrogen and oxygen atoms in total. The Bertz CT molecular complexity index is 850. The van der Waals surface area contributed by atoms with Crippen molar-refractivity contribution >= 4 is 11.6 Å². The quantitative estimate of drug-likeness (QED) is 0.433. The number of hydrogen-bond donors (Lipinski definition) is 0. The number of rotatable bonds is 10. The SMILES string of the molecule is COc1ccc(CCN(C)CCOC(c2ccccc2)c2ccc(Cl)cc2)cc1. The van der Waals surface area contributed by atoms with Gasteiger partial charge in [0.25, 0.3) is 0 Å². The summed E-state index contributed by atoms with van der Waals surface area (Å²) in [4.78, 5) is 2.30. The molecule has 0 aromatic heterocycles. The highest BCUT2D eigenvalue weighted by Gasteiger charge is 2.15. The molecule has 0 saturated heterocycles. The average molecular weight is 410 g/mol. The summed E-state index contributed by atoms with van der Waals surface area (Å²) in [6.45, 7) is 2.50. The minimum atomic E-state index is -0.0940. The molecule has 0 amide bonds. The Morgan fingerprint density at radius 2 is 1.48 bits per heavy atom. The predicted molar refractivity (Wildman–Crippen MR) is 120 cm³/mol. The van der Waals surface area contributed by atoms with Crippen LogP contribution in [0.3, 0.4) is 0 Å². The van der Waals surface area contributed by atoms with Gasteiger partial charge in [0, 0.05) is 18.1 Å². The fraction of sp³-hybridized carbons (Fsp3) is 0.280. The predicted octanol–water partition coefficient (Wildman–Crippen LogP) is 5.63. The Kier molecular flexibility index (Phi) is 8.12. The van der Waals surface area contributed by atoms with Crippen molar-refractivity contribution in [2.45, 2.75) is 12.5 Å². The summed E-state index contributed by atoms with van der Waals surface area (Å²) < 4.78 is 11.5. The van der Waals surface area contributed by atoms with Crippen LogP contribution in [0.4, 0.5) is 0 Å². The highest BCUT2D eigenvalue weighted by atomic mass is 35.5. The van der Waals surface area contributed by atoms with Gasteiger partial charge < -0.3 is 14.4 Å². The first kappa shape index (κ1) is 21.4. The smallest absolute Gasteiger partial charge is 0.118 e. The van der Waals surface area contributed by atoms with Gasteiger partial charge in [0.15, 0.2) is 0 Å². The average Bonchev–Trinajstić information content (AvgIpc) is 2.77. The van der Waals surface area contributed by atoms with Crippen LogP contribution in [0.15, 0.2) is 78.9 Å². The molecule has 29 heavy (non-hydrogen) atoms. The number of ether oxygens (including phenoxy) is 2. The van der Waals surface area contributed by atoms with E-state index in [1.165, 1.54) is 5.56 Å². The van der Waals surface area contributed by atoms with Gasteiger partial charge >= 0.3 is 0 Å². The van der Waals surface area contributed by atoms with E-state index >= 15 is 0 Å². The minimum Gasteiger partial charge on any atom is -0.497 e. The van der Waals surface area contributed by atoms with Gasteiger partial charge in [-0.1, -0.05) is 66.2 Å². The topological polar surface area (TPSA) is 21.7 Å². The van der Waals surface area contributed by atoms with Gasteiger partial charge in [0.1, 0.15) is 11.9 Å². The maximum Gasteiger partial charge on any atom is 0.118 e. The van der Waals surface area contributed by atoms with Crippen LogP contribution < -0.4 is 4.74 Å². The van der Waals surface area contributed by atoms with Crippen LogP contribution in [0.25, 0.3) is 0 Å². The van der Waals surface area contributed by atoms with Crippen molar-refractivity contribution in [3.05, 3.63) is 101 Å². The third kappa shape index (κ3) is 6.60. The van der Waals surface area contributed by atoms with Gasteiger partial charge in [-0.25, -0.2) is 0 Å². The Balaban J connectivity index is 1.53. The summed E-state index contributed by atoms with van der Waals surface area (Å²) in [6.07, 6.45) is 0.906. The van der Waals surface area contributed by atoms with Crippen LogP contribution in [-0.2, 0) is 11.2 Å². The molecule has 0 saturated carbocycles. The Labute approximate surface area is 178 Å². The molecule has 0 bridgehead atoms. The maximum absolute atomic E-state index is 6.31. The van der Waals surface area contributed by atoms with E-state index in [1.807, 2.05) is 54.6 Å². The number of nitrogens with zero attached hydrogens (tertiary/aromatic N) is 1. The zero-order valence-corrected chi connectivity index (χ0v) is 17.8. The lowest BCUT2D eigenvalue weighted by atomic mass is 10.0. The van der Waals surface area contributed by atoms with E-state index in [9.17, 15) is 0 Å². The van der Waals surface area contributed by atoms with Crippen molar-refractivity contribution in [2.75, 3.05) is 33.9 Å². The standard InChI is InChI=1S/C25H28ClNO2/c1-27(17-16-20-8-14-24(28-2)15-9-20)18-19-29-25(21-6-4-3-5-7-21)22-10-12-23(26)13-11-22/h3-15,25H,16-19H2,1-2H3. The lowest BCUT2D eigenvalue weighted by Crippen LogP contribution is -2.26. The number of methoxy groups -OCH3 is 1. The van der Waals surface area contributed by atoms with Crippen LogP contribution in [0.5, 0.6) is 5.75 Å². The van der Waals surface area contributed by atoms with E-state index in [2.05, 4.69) is 36.2 Å². The van der Waals surface area contributed by atoms with Gasteiger partial charge in [-0.3, -0.25) is 0 Å². The molecule has 0 aliphatic carbocycles. The van der Waals surface area contributed by atoms with Gasteiger partial charge in [-0.2, -0.15) is 0 Å². The molecule has 0 N–H and O–H groups in total. The summed E-state index contributed by atoms with van der Waals surface area (Å²) in [5.74, 6) is 0.893. The highest BCUT2D eigenvalue weighted by molar-refractivity contribution is 6.30. The van der Waals surface area contributed by atoms with Crippen molar-refractivity contribution in [3.63, 3.8) is 0 Å². The molecule has 3 aromatic rings. The monoisotopic (exact) mass is 409 g/mol. The lowest BCUT2D eigenvalue weighted by molar-refractivity contribution is 0.0649. The third-order valence-electron chi connectivity index (χ3n) is 4.97. The zero-order valence-electron chi connectivity index (χ0n) is 17.1. The molecular weight excluding hydrogens is 382 g/mol. The van der Waals surface area contributed by atoms with Gasteiger partial charge in [-0.15, -0.1) is 0 Å². The molecule has 0 aliphatic heterocycles. The number of halogens is 1. The molecule has 0 aliphatic rings. The van der Waals surface area contributed by atoms with Crippen molar-refractivity contribution in [3.8, 4) is 5.75 Å². The fourth-order valence-electron chi connectivity index (χ4n) is 3.20. The summed E-state index contributed by atoms with van der Waals surface area (Å²) in [6, 6.07) is 26.5. The Hall–Kier alpha value is -2.33. The van der Waals surface area contributed by atoms with Crippen LogP contribution in [-0.4, -0.2) is 38.8 Å². The van der Waals surface area contributed by atoms with Crippen LogP contribution in [0.2, 0.25) is 5.02 Å². The van der Waals surface area contributed by atoms with Gasteiger partial charge in [-0.05, 0) is 54.4 Å².